The van der Waals surface area contributed by atoms with Crippen molar-refractivity contribution in [3.63, 3.8) is 0 Å². The van der Waals surface area contributed by atoms with Crippen molar-refractivity contribution >= 4 is 0 Å². The van der Waals surface area contributed by atoms with E-state index < -0.39 is 12.5 Å². The van der Waals surface area contributed by atoms with Gasteiger partial charge in [-0.25, -0.2) is 8.78 Å². The second-order valence-electron chi connectivity index (χ2n) is 1.19. The van der Waals surface area contributed by atoms with Gasteiger partial charge in [0.1, 0.15) is 6.61 Å². The Morgan fingerprint density at radius 3 is 2.00 bits per heavy atom. The lowest BCUT2D eigenvalue weighted by molar-refractivity contribution is -0.157. The second kappa shape index (κ2) is 0.904. The number of hydrogen-bond acceptors (Lipinski definition) is 1. The molecule has 0 aliphatic carbocycles. The summed E-state index contributed by atoms with van der Waals surface area (Å²) < 4.78 is 26.8. The van der Waals surface area contributed by atoms with Crippen LogP contribution in [0.3, 0.4) is 0 Å². The molecule has 1 nitrogen and oxygen atoms in total. The van der Waals surface area contributed by atoms with Crippen molar-refractivity contribution in [2.24, 2.45) is 0 Å². The van der Waals surface area contributed by atoms with Crippen LogP contribution in [-0.4, -0.2) is 12.5 Å². The van der Waals surface area contributed by atoms with Crippen molar-refractivity contribution in [1.82, 2.24) is 0 Å². The van der Waals surface area contributed by atoms with Crippen molar-refractivity contribution in [3.8, 4) is 0 Å². The molecule has 6 heavy (non-hydrogen) atoms. The van der Waals surface area contributed by atoms with E-state index >= 15 is 0 Å². The molecule has 1 heterocycles. The maximum Gasteiger partial charge on any atom is 0.299 e. The standard InChI is InChI=1S/C3H3F2O/c4-3(5)1-6-2-3/h1H,2H2. The first-order valence-corrected chi connectivity index (χ1v) is 1.54. The van der Waals surface area contributed by atoms with E-state index in [1.54, 1.807) is 0 Å². The van der Waals surface area contributed by atoms with Gasteiger partial charge in [0.2, 0.25) is 0 Å². The maximum atomic E-state index is 11.4. The van der Waals surface area contributed by atoms with E-state index in [-0.39, 0.29) is 0 Å². The molecule has 0 amide bonds. The maximum absolute atomic E-state index is 11.4. The van der Waals surface area contributed by atoms with Gasteiger partial charge in [-0.05, 0) is 0 Å². The first kappa shape index (κ1) is 3.99. The summed E-state index contributed by atoms with van der Waals surface area (Å²) in [4.78, 5) is 0. The Labute approximate surface area is 33.9 Å². The van der Waals surface area contributed by atoms with Crippen LogP contribution in [0.25, 0.3) is 0 Å². The molecule has 0 unspecified atom stereocenters. The first-order chi connectivity index (χ1) is 2.71. The molecular weight excluding hydrogens is 90.0 g/mol. The summed E-state index contributed by atoms with van der Waals surface area (Å²) in [5, 5.41) is 0. The van der Waals surface area contributed by atoms with Gasteiger partial charge in [-0.1, -0.05) is 0 Å². The topological polar surface area (TPSA) is 9.23 Å². The minimum absolute atomic E-state index is 0.438. The van der Waals surface area contributed by atoms with Gasteiger partial charge < -0.3 is 4.74 Å². The van der Waals surface area contributed by atoms with Crippen LogP contribution in [-0.2, 0) is 4.74 Å². The normalized spacial score (nSPS) is 29.0. The summed E-state index contributed by atoms with van der Waals surface area (Å²) in [6, 6.07) is 0. The van der Waals surface area contributed by atoms with Gasteiger partial charge in [-0.3, -0.25) is 0 Å². The molecular formula is C3H3F2O. The van der Waals surface area contributed by atoms with Crippen LogP contribution >= 0.6 is 0 Å². The molecule has 1 aliphatic heterocycles. The summed E-state index contributed by atoms with van der Waals surface area (Å²) in [6.45, 7) is 0.0972. The van der Waals surface area contributed by atoms with Gasteiger partial charge in [0.25, 0.3) is 5.92 Å². The molecule has 0 saturated carbocycles. The lowest BCUT2D eigenvalue weighted by Gasteiger charge is -2.23. The number of rotatable bonds is 0. The highest BCUT2D eigenvalue weighted by atomic mass is 19.3. The average molecular weight is 93.1 g/mol. The van der Waals surface area contributed by atoms with E-state index in [0.717, 1.165) is 0 Å². The summed E-state index contributed by atoms with van der Waals surface area (Å²) in [5.41, 5.74) is 0. The monoisotopic (exact) mass is 93.0 g/mol. The molecule has 0 aromatic carbocycles. The molecule has 0 spiro atoms. The van der Waals surface area contributed by atoms with E-state index in [0.29, 0.717) is 6.61 Å². The summed E-state index contributed by atoms with van der Waals surface area (Å²) >= 11 is 0. The fourth-order valence-corrected chi connectivity index (χ4v) is 0.209. The minimum Gasteiger partial charge on any atom is -0.362 e. The smallest absolute Gasteiger partial charge is 0.299 e. The zero-order valence-corrected chi connectivity index (χ0v) is 2.95. The van der Waals surface area contributed by atoms with Gasteiger partial charge in [-0.2, -0.15) is 0 Å². The predicted octanol–water partition coefficient (Wildman–Crippen LogP) is 0.814. The highest BCUT2D eigenvalue weighted by molar-refractivity contribution is 4.84. The second-order valence-corrected chi connectivity index (χ2v) is 1.19. The van der Waals surface area contributed by atoms with Crippen molar-refractivity contribution in [2.45, 2.75) is 5.92 Å². The minimum atomic E-state index is -2.62. The van der Waals surface area contributed by atoms with E-state index in [4.69, 9.17) is 0 Å². The van der Waals surface area contributed by atoms with Gasteiger partial charge in [0.15, 0.2) is 6.61 Å². The van der Waals surface area contributed by atoms with Crippen LogP contribution in [0.4, 0.5) is 8.78 Å². The van der Waals surface area contributed by atoms with Gasteiger partial charge in [0.05, 0.1) is 0 Å². The molecule has 1 fully saturated rings. The van der Waals surface area contributed by atoms with E-state index in [1.165, 1.54) is 0 Å². The van der Waals surface area contributed by atoms with Crippen molar-refractivity contribution < 1.29 is 13.5 Å². The van der Waals surface area contributed by atoms with Crippen LogP contribution < -0.4 is 0 Å². The number of hydrogen-bond donors (Lipinski definition) is 0. The number of alkyl halides is 2. The zero-order valence-electron chi connectivity index (χ0n) is 2.95. The third-order valence-corrected chi connectivity index (χ3v) is 0.532. The molecule has 0 N–H and O–H groups in total. The van der Waals surface area contributed by atoms with E-state index in [2.05, 4.69) is 4.74 Å². The third-order valence-electron chi connectivity index (χ3n) is 0.532. The third kappa shape index (κ3) is 0.497. The molecule has 0 aromatic heterocycles. The highest BCUT2D eigenvalue weighted by Crippen LogP contribution is 2.26. The molecule has 1 aliphatic rings. The van der Waals surface area contributed by atoms with Crippen LogP contribution in [0.1, 0.15) is 0 Å². The Morgan fingerprint density at radius 1 is 1.67 bits per heavy atom. The number of ether oxygens (including phenoxy) is 1. The Morgan fingerprint density at radius 2 is 2.00 bits per heavy atom. The van der Waals surface area contributed by atoms with Crippen LogP contribution in [0.15, 0.2) is 0 Å². The largest absolute Gasteiger partial charge is 0.362 e. The Bertz CT molecular complexity index is 55.8. The Hall–Kier alpha value is -0.180. The first-order valence-electron chi connectivity index (χ1n) is 1.54. The molecule has 35 valence electrons. The van der Waals surface area contributed by atoms with Gasteiger partial charge in [0, 0.05) is 0 Å². The molecule has 1 rings (SSSR count). The lowest BCUT2D eigenvalue weighted by Crippen LogP contribution is -2.35. The van der Waals surface area contributed by atoms with Crippen molar-refractivity contribution in [1.29, 1.82) is 0 Å². The SMILES string of the molecule is FC1(F)[CH]OC1. The fourth-order valence-electron chi connectivity index (χ4n) is 0.209. The van der Waals surface area contributed by atoms with E-state index in [9.17, 15) is 8.78 Å². The average Bonchev–Trinajstić information content (AvgIpc) is 1.32. The molecule has 0 atom stereocenters. The summed E-state index contributed by atoms with van der Waals surface area (Å²) in [7, 11) is 0. The number of halogens is 2. The van der Waals surface area contributed by atoms with E-state index in [1.807, 2.05) is 0 Å². The van der Waals surface area contributed by atoms with Gasteiger partial charge in [-0.15, -0.1) is 0 Å². The molecule has 3 heteroatoms. The quantitative estimate of drug-likeness (QED) is 0.430. The van der Waals surface area contributed by atoms with Crippen LogP contribution in [0, 0.1) is 6.61 Å². The zero-order chi connectivity index (χ0) is 4.62. The molecule has 1 saturated heterocycles. The summed E-state index contributed by atoms with van der Waals surface area (Å²) in [5.74, 6) is -2.62. The fraction of sp³-hybridized carbons (Fsp3) is 0.667. The molecule has 0 bridgehead atoms. The van der Waals surface area contributed by atoms with Crippen molar-refractivity contribution in [3.05, 3.63) is 6.61 Å². The van der Waals surface area contributed by atoms with Crippen LogP contribution in [0.5, 0.6) is 0 Å². The Kier molecular flexibility index (Phi) is 0.602. The Balaban J connectivity index is 2.31. The molecule has 0 aromatic rings. The van der Waals surface area contributed by atoms with Gasteiger partial charge >= 0.3 is 0 Å². The highest BCUT2D eigenvalue weighted by Gasteiger charge is 2.39. The van der Waals surface area contributed by atoms with Crippen molar-refractivity contribution in [2.75, 3.05) is 6.61 Å². The predicted molar refractivity (Wildman–Crippen MR) is 15.2 cm³/mol. The van der Waals surface area contributed by atoms with Crippen LogP contribution in [0.2, 0.25) is 0 Å². The lowest BCUT2D eigenvalue weighted by atomic mass is 10.3. The summed E-state index contributed by atoms with van der Waals surface area (Å²) in [6.07, 6.45) is 0. The molecule has 1 radical (unpaired) electrons.